The first-order valence-electron chi connectivity index (χ1n) is 4.69. The number of hydrogen-bond acceptors (Lipinski definition) is 2. The topological polar surface area (TPSA) is 34.1 Å². The lowest BCUT2D eigenvalue weighted by Crippen LogP contribution is -2.04. The number of hydrogen-bond donors (Lipinski definition) is 0. The molecule has 80 valence electrons. The SMILES string of the molecule is O=[P+](c1ccccc1)c1ccccc1.O=[PH2+]. The third-order valence-electron chi connectivity index (χ3n) is 1.98. The van der Waals surface area contributed by atoms with E-state index in [1.165, 1.54) is 9.12 Å². The van der Waals surface area contributed by atoms with E-state index in [1.54, 1.807) is 0 Å². The van der Waals surface area contributed by atoms with Crippen molar-refractivity contribution in [3.05, 3.63) is 60.7 Å². The van der Waals surface area contributed by atoms with Gasteiger partial charge in [-0.1, -0.05) is 45.5 Å². The molecule has 0 aromatic heterocycles. The first-order valence-corrected chi connectivity index (χ1v) is 6.42. The van der Waals surface area contributed by atoms with Crippen molar-refractivity contribution in [1.82, 2.24) is 0 Å². The highest BCUT2D eigenvalue weighted by molar-refractivity contribution is 7.61. The van der Waals surface area contributed by atoms with Crippen LogP contribution in [-0.2, 0) is 9.13 Å². The van der Waals surface area contributed by atoms with Crippen molar-refractivity contribution in [2.24, 2.45) is 0 Å². The maximum Gasteiger partial charge on any atom is 0.415 e. The van der Waals surface area contributed by atoms with Gasteiger partial charge >= 0.3 is 16.9 Å². The first kappa shape index (κ1) is 12.7. The molecule has 1 atom stereocenters. The summed E-state index contributed by atoms with van der Waals surface area (Å²) in [6, 6.07) is 19.1. The van der Waals surface area contributed by atoms with E-state index in [2.05, 4.69) is 0 Å². The van der Waals surface area contributed by atoms with Gasteiger partial charge in [0.15, 0.2) is 10.6 Å². The minimum Gasteiger partial charge on any atom is -0.0801 e. The highest BCUT2D eigenvalue weighted by Gasteiger charge is 2.21. The maximum absolute atomic E-state index is 12.0. The van der Waals surface area contributed by atoms with Crippen LogP contribution in [0.5, 0.6) is 0 Å². The van der Waals surface area contributed by atoms with Gasteiger partial charge < -0.3 is 0 Å². The van der Waals surface area contributed by atoms with Crippen LogP contribution in [0.3, 0.4) is 0 Å². The van der Waals surface area contributed by atoms with Crippen LogP contribution >= 0.6 is 16.9 Å². The molecule has 0 N–H and O–H groups in total. The maximum atomic E-state index is 12.0. The molecule has 0 radical (unpaired) electrons. The number of rotatable bonds is 2. The van der Waals surface area contributed by atoms with Crippen LogP contribution < -0.4 is 10.6 Å². The van der Waals surface area contributed by atoms with Crippen molar-refractivity contribution in [2.75, 3.05) is 0 Å². The van der Waals surface area contributed by atoms with Gasteiger partial charge in [0.05, 0.1) is 0 Å². The summed E-state index contributed by atoms with van der Waals surface area (Å²) >= 11 is 0. The third-order valence-corrected chi connectivity index (χ3v) is 3.52. The van der Waals surface area contributed by atoms with E-state index in [0.29, 0.717) is 0 Å². The smallest absolute Gasteiger partial charge is 0.0801 e. The Morgan fingerprint density at radius 3 is 1.31 bits per heavy atom. The van der Waals surface area contributed by atoms with Crippen molar-refractivity contribution in [1.29, 1.82) is 0 Å². The highest BCUT2D eigenvalue weighted by atomic mass is 31.1. The Kier molecular flexibility index (Phi) is 5.56. The van der Waals surface area contributed by atoms with Crippen LogP contribution in [0.4, 0.5) is 0 Å². The second-order valence-corrected chi connectivity index (χ2v) is 4.59. The Bertz CT molecular complexity index is 402. The summed E-state index contributed by atoms with van der Waals surface area (Å²) in [7, 11) is -0.254. The Morgan fingerprint density at radius 2 is 1.00 bits per heavy atom. The van der Waals surface area contributed by atoms with Gasteiger partial charge in [-0.15, -0.1) is 0 Å². The summed E-state index contributed by atoms with van der Waals surface area (Å²) in [6.07, 6.45) is 0. The van der Waals surface area contributed by atoms with E-state index < -0.39 is 7.80 Å². The Balaban J connectivity index is 0.000000606. The molecule has 0 aliphatic carbocycles. The summed E-state index contributed by atoms with van der Waals surface area (Å²) in [5.74, 6) is 0. The summed E-state index contributed by atoms with van der Waals surface area (Å²) < 4.78 is 20.2. The summed E-state index contributed by atoms with van der Waals surface area (Å²) in [4.78, 5) is 0. The summed E-state index contributed by atoms with van der Waals surface area (Å²) in [5.41, 5.74) is 0. The van der Waals surface area contributed by atoms with Crippen molar-refractivity contribution < 1.29 is 9.13 Å². The lowest BCUT2D eigenvalue weighted by molar-refractivity contribution is 0.598. The van der Waals surface area contributed by atoms with Gasteiger partial charge in [-0.2, -0.15) is 0 Å². The molecule has 2 nitrogen and oxygen atoms in total. The Labute approximate surface area is 97.7 Å². The molecule has 0 fully saturated rings. The molecule has 2 aromatic carbocycles. The molecule has 16 heavy (non-hydrogen) atoms. The van der Waals surface area contributed by atoms with Gasteiger partial charge in [0.2, 0.25) is 0 Å². The molecule has 0 bridgehead atoms. The quantitative estimate of drug-likeness (QED) is 0.768. The molecule has 4 heteroatoms. The molecule has 0 spiro atoms. The van der Waals surface area contributed by atoms with Gasteiger partial charge in [0.1, 0.15) is 0 Å². The lowest BCUT2D eigenvalue weighted by atomic mass is 10.4. The van der Waals surface area contributed by atoms with E-state index in [9.17, 15) is 4.57 Å². The van der Waals surface area contributed by atoms with Crippen LogP contribution in [0.15, 0.2) is 60.7 Å². The van der Waals surface area contributed by atoms with Gasteiger partial charge in [0, 0.05) is 0 Å². The average Bonchev–Trinajstić information content (AvgIpc) is 2.42. The molecule has 0 aliphatic heterocycles. The summed E-state index contributed by atoms with van der Waals surface area (Å²) in [5, 5.41) is 1.77. The predicted octanol–water partition coefficient (Wildman–Crippen LogP) is 2.67. The number of benzene rings is 2. The molecule has 0 aliphatic rings. The van der Waals surface area contributed by atoms with Crippen molar-refractivity contribution in [3.8, 4) is 0 Å². The van der Waals surface area contributed by atoms with E-state index in [-0.39, 0.29) is 0 Å². The minimum absolute atomic E-state index is 0.883. The third kappa shape index (κ3) is 3.34. The molecular formula is C12H12O2P2+2. The van der Waals surface area contributed by atoms with Gasteiger partial charge in [-0.25, -0.2) is 0 Å². The first-order chi connectivity index (χ1) is 7.88. The minimum atomic E-state index is -1.42. The fourth-order valence-corrected chi connectivity index (χ4v) is 2.46. The fraction of sp³-hybridized carbons (Fsp3) is 0. The molecular weight excluding hydrogens is 238 g/mol. The highest BCUT2D eigenvalue weighted by Crippen LogP contribution is 2.18. The van der Waals surface area contributed by atoms with Gasteiger partial charge in [-0.3, -0.25) is 0 Å². The van der Waals surface area contributed by atoms with Crippen LogP contribution in [0, 0.1) is 0 Å². The van der Waals surface area contributed by atoms with Gasteiger partial charge in [-0.05, 0) is 24.3 Å². The standard InChI is InChI=1S/C12H10OP.H2OP/c13-14(11-7-3-1-4-8-11)12-9-5-2-6-10-12;1-2/h1-10H;2H2/q2*+1. The Morgan fingerprint density at radius 1 is 0.688 bits per heavy atom. The second-order valence-electron chi connectivity index (χ2n) is 2.97. The van der Waals surface area contributed by atoms with E-state index >= 15 is 0 Å². The van der Waals surface area contributed by atoms with Gasteiger partial charge in [0.25, 0.3) is 0 Å². The average molecular weight is 250 g/mol. The normalized spacial score (nSPS) is 8.75. The molecule has 0 saturated heterocycles. The van der Waals surface area contributed by atoms with Crippen molar-refractivity contribution >= 4 is 27.5 Å². The molecule has 0 amide bonds. The van der Waals surface area contributed by atoms with Crippen molar-refractivity contribution in [2.45, 2.75) is 0 Å². The predicted molar refractivity (Wildman–Crippen MR) is 70.2 cm³/mol. The van der Waals surface area contributed by atoms with Crippen LogP contribution in [0.2, 0.25) is 0 Å². The second kappa shape index (κ2) is 7.00. The van der Waals surface area contributed by atoms with E-state index in [4.69, 9.17) is 4.57 Å². The molecule has 0 heterocycles. The molecule has 2 aromatic rings. The lowest BCUT2D eigenvalue weighted by Gasteiger charge is -1.87. The van der Waals surface area contributed by atoms with E-state index in [0.717, 1.165) is 10.6 Å². The van der Waals surface area contributed by atoms with E-state index in [1.807, 2.05) is 60.7 Å². The largest absolute Gasteiger partial charge is 0.415 e. The Hall–Kier alpha value is -1.36. The molecule has 0 saturated carbocycles. The monoisotopic (exact) mass is 250 g/mol. The molecule has 1 unspecified atom stereocenters. The summed E-state index contributed by atoms with van der Waals surface area (Å²) in [6.45, 7) is 0. The molecule has 2 rings (SSSR count). The van der Waals surface area contributed by atoms with Crippen LogP contribution in [0.25, 0.3) is 0 Å². The zero-order valence-corrected chi connectivity index (χ0v) is 10.7. The van der Waals surface area contributed by atoms with Crippen LogP contribution in [-0.4, -0.2) is 0 Å². The fourth-order valence-electron chi connectivity index (χ4n) is 1.28. The van der Waals surface area contributed by atoms with Crippen molar-refractivity contribution in [3.63, 3.8) is 0 Å². The zero-order chi connectivity index (χ0) is 11.8. The zero-order valence-electron chi connectivity index (χ0n) is 8.61. The van der Waals surface area contributed by atoms with Crippen LogP contribution in [0.1, 0.15) is 0 Å².